The molecule has 1 aromatic carbocycles. The van der Waals surface area contributed by atoms with E-state index < -0.39 is 10.0 Å². The number of anilines is 2. The van der Waals surface area contributed by atoms with Gasteiger partial charge in [0.05, 0.1) is 11.9 Å². The van der Waals surface area contributed by atoms with Gasteiger partial charge in [0.2, 0.25) is 16.4 Å². The lowest BCUT2D eigenvalue weighted by Gasteiger charge is -2.11. The lowest BCUT2D eigenvalue weighted by atomic mass is 10.1. The van der Waals surface area contributed by atoms with Gasteiger partial charge in [-0.25, -0.2) is 8.42 Å². The number of benzene rings is 1. The molecular weight excluding hydrogens is 228 g/mol. The summed E-state index contributed by atoms with van der Waals surface area (Å²) in [6.45, 7) is 0.654. The average Bonchev–Trinajstić information content (AvgIpc) is 2.57. The van der Waals surface area contributed by atoms with Gasteiger partial charge in [0.15, 0.2) is 0 Å². The molecule has 6 heteroatoms. The molecule has 86 valence electrons. The van der Waals surface area contributed by atoms with Crippen molar-refractivity contribution in [3.8, 4) is 0 Å². The molecule has 1 aromatic rings. The normalized spacial score (nSPS) is 14.7. The summed E-state index contributed by atoms with van der Waals surface area (Å²) in [7, 11) is -3.28. The Morgan fingerprint density at radius 2 is 2.19 bits per heavy atom. The summed E-state index contributed by atoms with van der Waals surface area (Å²) in [4.78, 5) is 12.3. The number of carbonyl (C=O) groups excluding carboxylic acids is 1. The number of hydrogen-bond donors (Lipinski definition) is 1. The quantitative estimate of drug-likeness (QED) is 0.786. The van der Waals surface area contributed by atoms with Crippen molar-refractivity contribution in [3.63, 3.8) is 0 Å². The van der Waals surface area contributed by atoms with Gasteiger partial charge >= 0.3 is 0 Å². The Balaban J connectivity index is 2.35. The molecule has 0 saturated carbocycles. The highest BCUT2D eigenvalue weighted by Crippen LogP contribution is 2.29. The van der Waals surface area contributed by atoms with Crippen LogP contribution in [0.25, 0.3) is 0 Å². The van der Waals surface area contributed by atoms with Crippen molar-refractivity contribution in [1.29, 1.82) is 0 Å². The van der Waals surface area contributed by atoms with Crippen LogP contribution >= 0.6 is 0 Å². The van der Waals surface area contributed by atoms with E-state index in [1.165, 1.54) is 0 Å². The first-order valence-corrected chi connectivity index (χ1v) is 6.71. The maximum absolute atomic E-state index is 11.1. The topological polar surface area (TPSA) is 66.5 Å². The molecule has 0 aromatic heterocycles. The monoisotopic (exact) mass is 240 g/mol. The fourth-order valence-corrected chi connectivity index (χ4v) is 2.35. The summed E-state index contributed by atoms with van der Waals surface area (Å²) in [6, 6.07) is 5.22. The van der Waals surface area contributed by atoms with E-state index in [0.29, 0.717) is 12.2 Å². The highest BCUT2D eigenvalue weighted by molar-refractivity contribution is 7.92. The van der Waals surface area contributed by atoms with Crippen LogP contribution in [0.1, 0.15) is 5.56 Å². The highest BCUT2D eigenvalue weighted by atomic mass is 32.2. The van der Waals surface area contributed by atoms with Crippen LogP contribution in [-0.4, -0.2) is 27.6 Å². The molecule has 0 aliphatic carbocycles. The molecule has 1 amide bonds. The maximum Gasteiger partial charge on any atom is 0.229 e. The van der Waals surface area contributed by atoms with Crippen LogP contribution in [0.4, 0.5) is 11.4 Å². The molecule has 1 N–H and O–H groups in total. The third-order valence-corrected chi connectivity index (χ3v) is 3.05. The number of carbonyl (C=O) groups is 1. The molecule has 1 aliphatic heterocycles. The zero-order valence-electron chi connectivity index (χ0n) is 8.80. The molecule has 0 fully saturated rings. The molecular formula is C10H12N2O3S. The number of nitrogens with one attached hydrogen (secondary N) is 1. The van der Waals surface area contributed by atoms with E-state index in [1.54, 1.807) is 17.0 Å². The predicted octanol–water partition coefficient (Wildman–Crippen LogP) is 0.577. The third kappa shape index (κ3) is 2.16. The molecule has 1 heterocycles. The van der Waals surface area contributed by atoms with Crippen LogP contribution in [0.3, 0.4) is 0 Å². The van der Waals surface area contributed by atoms with Crippen molar-refractivity contribution in [2.45, 2.75) is 6.42 Å². The molecule has 5 nitrogen and oxygen atoms in total. The molecule has 1 aliphatic rings. The van der Waals surface area contributed by atoms with Crippen molar-refractivity contribution in [3.05, 3.63) is 23.8 Å². The first-order valence-electron chi connectivity index (χ1n) is 4.82. The number of sulfonamides is 1. The van der Waals surface area contributed by atoms with Crippen LogP contribution in [0.2, 0.25) is 0 Å². The Kier molecular flexibility index (Phi) is 2.59. The minimum atomic E-state index is -3.28. The van der Waals surface area contributed by atoms with Crippen molar-refractivity contribution in [2.75, 3.05) is 22.4 Å². The minimum absolute atomic E-state index is 0.481. The second-order valence-electron chi connectivity index (χ2n) is 3.77. The van der Waals surface area contributed by atoms with Gasteiger partial charge in [-0.15, -0.1) is 0 Å². The Morgan fingerprint density at radius 3 is 2.81 bits per heavy atom. The lowest BCUT2D eigenvalue weighted by molar-refractivity contribution is -0.107. The van der Waals surface area contributed by atoms with E-state index in [-0.39, 0.29) is 0 Å². The van der Waals surface area contributed by atoms with Gasteiger partial charge in [0.1, 0.15) is 0 Å². The molecule has 0 bridgehead atoms. The largest absolute Gasteiger partial charge is 0.314 e. The Hall–Kier alpha value is -1.56. The van der Waals surface area contributed by atoms with Crippen LogP contribution in [0, 0.1) is 0 Å². The molecule has 0 saturated heterocycles. The van der Waals surface area contributed by atoms with Gasteiger partial charge < -0.3 is 4.90 Å². The molecule has 0 atom stereocenters. The van der Waals surface area contributed by atoms with Crippen LogP contribution in [0.5, 0.6) is 0 Å². The fourth-order valence-electron chi connectivity index (χ4n) is 1.79. The van der Waals surface area contributed by atoms with Crippen LogP contribution in [0.15, 0.2) is 18.2 Å². The SMILES string of the molecule is CS(=O)(=O)Nc1ccc2c(c1)N(C=O)CC2. The smallest absolute Gasteiger partial charge is 0.229 e. The van der Waals surface area contributed by atoms with Crippen molar-refractivity contribution < 1.29 is 13.2 Å². The van der Waals surface area contributed by atoms with Gasteiger partial charge in [0.25, 0.3) is 0 Å². The highest BCUT2D eigenvalue weighted by Gasteiger charge is 2.18. The van der Waals surface area contributed by atoms with Crippen LogP contribution in [-0.2, 0) is 21.2 Å². The Bertz CT molecular complexity index is 525. The van der Waals surface area contributed by atoms with Crippen molar-refractivity contribution in [1.82, 2.24) is 0 Å². The molecule has 0 radical (unpaired) electrons. The predicted molar refractivity (Wildman–Crippen MR) is 62.0 cm³/mol. The Labute approximate surface area is 94.1 Å². The first kappa shape index (κ1) is 10.9. The number of nitrogens with zero attached hydrogens (tertiary/aromatic N) is 1. The summed E-state index contributed by atoms with van der Waals surface area (Å²) in [5.41, 5.74) is 2.32. The van der Waals surface area contributed by atoms with Gasteiger partial charge in [0, 0.05) is 12.2 Å². The zero-order valence-corrected chi connectivity index (χ0v) is 9.62. The fraction of sp³-hybridized carbons (Fsp3) is 0.300. The number of amides is 1. The molecule has 0 unspecified atom stereocenters. The number of rotatable bonds is 3. The third-order valence-electron chi connectivity index (χ3n) is 2.45. The summed E-state index contributed by atoms with van der Waals surface area (Å²) in [5, 5.41) is 0. The van der Waals surface area contributed by atoms with Gasteiger partial charge in [-0.1, -0.05) is 6.07 Å². The van der Waals surface area contributed by atoms with E-state index in [4.69, 9.17) is 0 Å². The summed E-state index contributed by atoms with van der Waals surface area (Å²) >= 11 is 0. The van der Waals surface area contributed by atoms with E-state index in [9.17, 15) is 13.2 Å². The molecule has 2 rings (SSSR count). The average molecular weight is 240 g/mol. The van der Waals surface area contributed by atoms with Gasteiger partial charge in [-0.05, 0) is 24.1 Å². The molecule has 0 spiro atoms. The number of fused-ring (bicyclic) bond motifs is 1. The summed E-state index contributed by atoms with van der Waals surface area (Å²) in [6.07, 6.45) is 2.67. The van der Waals surface area contributed by atoms with Crippen molar-refractivity contribution in [2.24, 2.45) is 0 Å². The van der Waals surface area contributed by atoms with E-state index >= 15 is 0 Å². The lowest BCUT2D eigenvalue weighted by Crippen LogP contribution is -2.17. The number of hydrogen-bond acceptors (Lipinski definition) is 3. The second kappa shape index (κ2) is 3.79. The maximum atomic E-state index is 11.1. The first-order chi connectivity index (χ1) is 7.49. The van der Waals surface area contributed by atoms with E-state index in [1.807, 2.05) is 6.07 Å². The van der Waals surface area contributed by atoms with Crippen molar-refractivity contribution >= 4 is 27.8 Å². The molecule has 16 heavy (non-hydrogen) atoms. The van der Waals surface area contributed by atoms with Crippen LogP contribution < -0.4 is 9.62 Å². The van der Waals surface area contributed by atoms with E-state index in [2.05, 4.69) is 4.72 Å². The van der Waals surface area contributed by atoms with Gasteiger partial charge in [-0.2, -0.15) is 0 Å². The standard InChI is InChI=1S/C10H12N2O3S/c1-16(14,15)11-9-3-2-8-4-5-12(7-13)10(8)6-9/h2-3,6-7,11H,4-5H2,1H3. The summed E-state index contributed by atoms with van der Waals surface area (Å²) < 4.78 is 24.5. The minimum Gasteiger partial charge on any atom is -0.314 e. The zero-order chi connectivity index (χ0) is 11.8. The van der Waals surface area contributed by atoms with E-state index in [0.717, 1.165) is 30.3 Å². The summed E-state index contributed by atoms with van der Waals surface area (Å²) in [5.74, 6) is 0. The second-order valence-corrected chi connectivity index (χ2v) is 5.51. The Morgan fingerprint density at radius 1 is 1.44 bits per heavy atom. The van der Waals surface area contributed by atoms with Gasteiger partial charge in [-0.3, -0.25) is 9.52 Å².